The summed E-state index contributed by atoms with van der Waals surface area (Å²) in [7, 11) is 0. The quantitative estimate of drug-likeness (QED) is 0.574. The van der Waals surface area contributed by atoms with Crippen LogP contribution < -0.4 is 0 Å². The summed E-state index contributed by atoms with van der Waals surface area (Å²) in [6, 6.07) is 0. The first-order valence-electron chi connectivity index (χ1n) is 3.99. The van der Waals surface area contributed by atoms with Crippen LogP contribution in [0.2, 0.25) is 0 Å². The third kappa shape index (κ3) is 6.05. The average molecular weight is 146 g/mol. The van der Waals surface area contributed by atoms with E-state index in [0.29, 0.717) is 6.61 Å². The molecule has 0 heterocycles. The predicted octanol–water partition coefficient (Wildman–Crippen LogP) is 1.43. The molecule has 0 aliphatic rings. The number of rotatable bonds is 6. The van der Waals surface area contributed by atoms with Crippen molar-refractivity contribution in [3.63, 3.8) is 0 Å². The molecule has 0 amide bonds. The van der Waals surface area contributed by atoms with E-state index in [2.05, 4.69) is 6.92 Å². The molecule has 1 unspecified atom stereocenters. The second-order valence-corrected chi connectivity index (χ2v) is 2.72. The molecule has 0 radical (unpaired) electrons. The van der Waals surface area contributed by atoms with Crippen LogP contribution in [0.4, 0.5) is 0 Å². The van der Waals surface area contributed by atoms with Crippen LogP contribution in [0.3, 0.4) is 0 Å². The third-order valence-corrected chi connectivity index (χ3v) is 1.36. The largest absolute Gasteiger partial charge is 0.396 e. The van der Waals surface area contributed by atoms with Crippen molar-refractivity contribution >= 4 is 0 Å². The minimum absolute atomic E-state index is 0.228. The van der Waals surface area contributed by atoms with Gasteiger partial charge in [-0.3, -0.25) is 0 Å². The summed E-state index contributed by atoms with van der Waals surface area (Å²) in [4.78, 5) is 0. The first-order chi connectivity index (χ1) is 4.81. The Morgan fingerprint density at radius 2 is 2.20 bits per heavy atom. The Morgan fingerprint density at radius 1 is 1.50 bits per heavy atom. The van der Waals surface area contributed by atoms with E-state index in [1.165, 1.54) is 6.42 Å². The molecule has 1 atom stereocenters. The Morgan fingerprint density at radius 3 is 2.70 bits per heavy atom. The predicted molar refractivity (Wildman–Crippen MR) is 42.0 cm³/mol. The molecule has 0 aromatic heterocycles. The van der Waals surface area contributed by atoms with Gasteiger partial charge in [0, 0.05) is 19.1 Å². The highest BCUT2D eigenvalue weighted by Gasteiger charge is 1.97. The van der Waals surface area contributed by atoms with Gasteiger partial charge in [0.2, 0.25) is 0 Å². The van der Waals surface area contributed by atoms with Crippen molar-refractivity contribution < 1.29 is 9.84 Å². The molecule has 0 aliphatic heterocycles. The van der Waals surface area contributed by atoms with Crippen molar-refractivity contribution in [2.24, 2.45) is 5.92 Å². The summed E-state index contributed by atoms with van der Waals surface area (Å²) in [5.74, 6) is 0.289. The highest BCUT2D eigenvalue weighted by atomic mass is 16.5. The molecule has 0 aliphatic carbocycles. The van der Waals surface area contributed by atoms with Crippen molar-refractivity contribution in [1.82, 2.24) is 0 Å². The lowest BCUT2D eigenvalue weighted by atomic mass is 10.2. The maximum atomic E-state index is 8.61. The van der Waals surface area contributed by atoms with E-state index >= 15 is 0 Å². The van der Waals surface area contributed by atoms with E-state index in [0.717, 1.165) is 13.0 Å². The summed E-state index contributed by atoms with van der Waals surface area (Å²) >= 11 is 0. The van der Waals surface area contributed by atoms with Gasteiger partial charge in [0.1, 0.15) is 0 Å². The lowest BCUT2D eigenvalue weighted by Gasteiger charge is -2.07. The highest BCUT2D eigenvalue weighted by Crippen LogP contribution is 1.95. The second-order valence-electron chi connectivity index (χ2n) is 2.72. The molecular formula is C8H18O2. The Labute approximate surface area is 63.2 Å². The number of ether oxygens (including phenoxy) is 1. The molecule has 0 aromatic carbocycles. The van der Waals surface area contributed by atoms with Crippen molar-refractivity contribution in [2.75, 3.05) is 19.8 Å². The summed E-state index contributed by atoms with van der Waals surface area (Å²) < 4.78 is 5.27. The number of aliphatic hydroxyl groups is 1. The van der Waals surface area contributed by atoms with Crippen LogP contribution in [-0.4, -0.2) is 24.9 Å². The van der Waals surface area contributed by atoms with E-state index < -0.39 is 0 Å². The van der Waals surface area contributed by atoms with Gasteiger partial charge in [-0.25, -0.2) is 0 Å². The molecular weight excluding hydrogens is 128 g/mol. The van der Waals surface area contributed by atoms with Gasteiger partial charge in [-0.2, -0.15) is 0 Å². The van der Waals surface area contributed by atoms with Crippen LogP contribution in [-0.2, 0) is 4.74 Å². The fourth-order valence-corrected chi connectivity index (χ4v) is 0.584. The normalized spacial score (nSPS) is 13.5. The molecule has 1 N–H and O–H groups in total. The summed E-state index contributed by atoms with van der Waals surface area (Å²) in [6.45, 7) is 5.87. The van der Waals surface area contributed by atoms with Crippen LogP contribution >= 0.6 is 0 Å². The van der Waals surface area contributed by atoms with Gasteiger partial charge in [-0.15, -0.1) is 0 Å². The van der Waals surface area contributed by atoms with Crippen molar-refractivity contribution in [3.8, 4) is 0 Å². The monoisotopic (exact) mass is 146 g/mol. The molecule has 2 nitrogen and oxygen atoms in total. The molecule has 0 saturated heterocycles. The molecule has 0 rings (SSSR count). The number of hydrogen-bond donors (Lipinski definition) is 1. The first kappa shape index (κ1) is 9.92. The third-order valence-electron chi connectivity index (χ3n) is 1.36. The highest BCUT2D eigenvalue weighted by molar-refractivity contribution is 4.45. The second kappa shape index (κ2) is 7.03. The fraction of sp³-hybridized carbons (Fsp3) is 1.00. The van der Waals surface area contributed by atoms with Gasteiger partial charge < -0.3 is 9.84 Å². The number of unbranched alkanes of at least 4 members (excludes halogenated alkanes) is 1. The van der Waals surface area contributed by atoms with Gasteiger partial charge in [0.25, 0.3) is 0 Å². The van der Waals surface area contributed by atoms with Gasteiger partial charge in [-0.1, -0.05) is 20.3 Å². The minimum atomic E-state index is 0.228. The minimum Gasteiger partial charge on any atom is -0.396 e. The van der Waals surface area contributed by atoms with Crippen LogP contribution in [0.15, 0.2) is 0 Å². The first-order valence-corrected chi connectivity index (χ1v) is 3.99. The SMILES string of the molecule is CCCCOCC(C)CO. The Balaban J connectivity index is 2.89. The van der Waals surface area contributed by atoms with E-state index in [-0.39, 0.29) is 12.5 Å². The Kier molecular flexibility index (Phi) is 6.98. The summed E-state index contributed by atoms with van der Waals surface area (Å²) in [5.41, 5.74) is 0. The van der Waals surface area contributed by atoms with E-state index in [4.69, 9.17) is 9.84 Å². The fourth-order valence-electron chi connectivity index (χ4n) is 0.584. The molecule has 62 valence electrons. The molecule has 0 spiro atoms. The van der Waals surface area contributed by atoms with Crippen molar-refractivity contribution in [2.45, 2.75) is 26.7 Å². The van der Waals surface area contributed by atoms with E-state index in [9.17, 15) is 0 Å². The number of aliphatic hydroxyl groups excluding tert-OH is 1. The molecule has 0 aromatic rings. The molecule has 0 fully saturated rings. The van der Waals surface area contributed by atoms with Gasteiger partial charge >= 0.3 is 0 Å². The van der Waals surface area contributed by atoms with Crippen LogP contribution in [0.25, 0.3) is 0 Å². The van der Waals surface area contributed by atoms with Crippen molar-refractivity contribution in [3.05, 3.63) is 0 Å². The van der Waals surface area contributed by atoms with Crippen molar-refractivity contribution in [1.29, 1.82) is 0 Å². The zero-order chi connectivity index (χ0) is 7.82. The summed E-state index contributed by atoms with van der Waals surface area (Å²) in [5, 5.41) is 8.61. The maximum absolute atomic E-state index is 8.61. The molecule has 2 heteroatoms. The molecule has 10 heavy (non-hydrogen) atoms. The lowest BCUT2D eigenvalue weighted by Crippen LogP contribution is -2.10. The van der Waals surface area contributed by atoms with Gasteiger partial charge in [-0.05, 0) is 6.42 Å². The zero-order valence-corrected chi connectivity index (χ0v) is 6.97. The topological polar surface area (TPSA) is 29.5 Å². The average Bonchev–Trinajstić information content (AvgIpc) is 1.98. The van der Waals surface area contributed by atoms with Gasteiger partial charge in [0.15, 0.2) is 0 Å². The lowest BCUT2D eigenvalue weighted by molar-refractivity contribution is 0.0783. The molecule has 0 saturated carbocycles. The summed E-state index contributed by atoms with van der Waals surface area (Å²) in [6.07, 6.45) is 2.30. The zero-order valence-electron chi connectivity index (χ0n) is 6.97. The van der Waals surface area contributed by atoms with Crippen LogP contribution in [0, 0.1) is 5.92 Å². The van der Waals surface area contributed by atoms with E-state index in [1.54, 1.807) is 0 Å². The van der Waals surface area contributed by atoms with E-state index in [1.807, 2.05) is 6.92 Å². The maximum Gasteiger partial charge on any atom is 0.0513 e. The van der Waals surface area contributed by atoms with Crippen LogP contribution in [0.5, 0.6) is 0 Å². The van der Waals surface area contributed by atoms with Gasteiger partial charge in [0.05, 0.1) is 6.61 Å². The molecule has 0 bridgehead atoms. The Bertz CT molecular complexity index is 64.3. The standard InChI is InChI=1S/C8H18O2/c1-3-4-5-10-7-8(2)6-9/h8-9H,3-7H2,1-2H3. The number of hydrogen-bond acceptors (Lipinski definition) is 2. The smallest absolute Gasteiger partial charge is 0.0513 e. The van der Waals surface area contributed by atoms with Crippen LogP contribution in [0.1, 0.15) is 26.7 Å². The Hall–Kier alpha value is -0.0800.